The van der Waals surface area contributed by atoms with Crippen LogP contribution in [0.25, 0.3) is 11.1 Å². The van der Waals surface area contributed by atoms with Gasteiger partial charge in [0, 0.05) is 6.54 Å². The second-order valence-corrected chi connectivity index (χ2v) is 5.15. The first-order chi connectivity index (χ1) is 9.33. The summed E-state index contributed by atoms with van der Waals surface area (Å²) in [5.41, 5.74) is 2.28. The van der Waals surface area contributed by atoms with Gasteiger partial charge in [0.2, 0.25) is 0 Å². The smallest absolute Gasteiger partial charge is 0.138 e. The van der Waals surface area contributed by atoms with Gasteiger partial charge in [0.05, 0.1) is 5.02 Å². The van der Waals surface area contributed by atoms with Crippen molar-refractivity contribution in [1.82, 2.24) is 5.32 Å². The van der Waals surface area contributed by atoms with Crippen LogP contribution in [0.15, 0.2) is 48.5 Å². The molecule has 20 heavy (non-hydrogen) atoms. The standard InChI is InChI=1S/C16H16ClNO.ClH/c17-15-10-13(12-4-2-1-3-5-12)6-7-16(15)19-14-8-9-18-11-14;/h1-7,10,14,18H,8-9,11H2;1H. The Morgan fingerprint density at radius 2 is 1.85 bits per heavy atom. The first-order valence-electron chi connectivity index (χ1n) is 6.55. The fourth-order valence-corrected chi connectivity index (χ4v) is 2.54. The van der Waals surface area contributed by atoms with Crippen LogP contribution in [-0.4, -0.2) is 19.2 Å². The first kappa shape index (κ1) is 15.2. The summed E-state index contributed by atoms with van der Waals surface area (Å²) < 4.78 is 5.90. The molecule has 1 saturated heterocycles. The highest BCUT2D eigenvalue weighted by molar-refractivity contribution is 6.32. The second-order valence-electron chi connectivity index (χ2n) is 4.74. The number of nitrogens with one attached hydrogen (secondary N) is 1. The van der Waals surface area contributed by atoms with E-state index < -0.39 is 0 Å². The molecule has 1 heterocycles. The normalized spacial score (nSPS) is 17.6. The summed E-state index contributed by atoms with van der Waals surface area (Å²) in [7, 11) is 0. The minimum Gasteiger partial charge on any atom is -0.487 e. The summed E-state index contributed by atoms with van der Waals surface area (Å²) in [5.74, 6) is 0.773. The van der Waals surface area contributed by atoms with E-state index in [1.54, 1.807) is 0 Å². The van der Waals surface area contributed by atoms with E-state index in [1.165, 1.54) is 5.56 Å². The van der Waals surface area contributed by atoms with Gasteiger partial charge in [-0.3, -0.25) is 0 Å². The van der Waals surface area contributed by atoms with Gasteiger partial charge in [0.1, 0.15) is 11.9 Å². The topological polar surface area (TPSA) is 21.3 Å². The lowest BCUT2D eigenvalue weighted by Crippen LogP contribution is -2.19. The molecule has 0 aromatic heterocycles. The lowest BCUT2D eigenvalue weighted by atomic mass is 10.1. The monoisotopic (exact) mass is 309 g/mol. The van der Waals surface area contributed by atoms with E-state index in [-0.39, 0.29) is 18.5 Å². The molecule has 2 aromatic rings. The van der Waals surface area contributed by atoms with Crippen LogP contribution in [0.2, 0.25) is 5.02 Å². The molecule has 1 aliphatic rings. The van der Waals surface area contributed by atoms with Gasteiger partial charge in [-0.1, -0.05) is 48.0 Å². The van der Waals surface area contributed by atoms with Gasteiger partial charge in [-0.2, -0.15) is 0 Å². The highest BCUT2D eigenvalue weighted by Gasteiger charge is 2.17. The van der Waals surface area contributed by atoms with Gasteiger partial charge in [0.15, 0.2) is 0 Å². The third kappa shape index (κ3) is 3.45. The van der Waals surface area contributed by atoms with Crippen molar-refractivity contribution in [2.75, 3.05) is 13.1 Å². The molecular formula is C16H17Cl2NO. The Balaban J connectivity index is 0.00000147. The van der Waals surface area contributed by atoms with Crippen molar-refractivity contribution in [3.05, 3.63) is 53.6 Å². The molecule has 106 valence electrons. The number of rotatable bonds is 3. The van der Waals surface area contributed by atoms with Gasteiger partial charge >= 0.3 is 0 Å². The summed E-state index contributed by atoms with van der Waals surface area (Å²) in [6.45, 7) is 1.92. The highest BCUT2D eigenvalue weighted by atomic mass is 35.5. The quantitative estimate of drug-likeness (QED) is 0.919. The first-order valence-corrected chi connectivity index (χ1v) is 6.93. The lowest BCUT2D eigenvalue weighted by molar-refractivity contribution is 0.223. The Morgan fingerprint density at radius 1 is 1.05 bits per heavy atom. The maximum absolute atomic E-state index is 6.31. The van der Waals surface area contributed by atoms with E-state index in [2.05, 4.69) is 23.5 Å². The average Bonchev–Trinajstić information content (AvgIpc) is 2.95. The van der Waals surface area contributed by atoms with Crippen molar-refractivity contribution >= 4 is 24.0 Å². The Kier molecular flexibility index (Phi) is 5.30. The summed E-state index contributed by atoms with van der Waals surface area (Å²) in [5, 5.41) is 3.96. The molecule has 2 aromatic carbocycles. The predicted octanol–water partition coefficient (Wildman–Crippen LogP) is 4.17. The molecule has 0 saturated carbocycles. The fraction of sp³-hybridized carbons (Fsp3) is 0.250. The van der Waals surface area contributed by atoms with Crippen molar-refractivity contribution < 1.29 is 4.74 Å². The van der Waals surface area contributed by atoms with Gasteiger partial charge in [-0.05, 0) is 36.2 Å². The molecule has 1 aliphatic heterocycles. The van der Waals surface area contributed by atoms with Crippen LogP contribution in [0.1, 0.15) is 6.42 Å². The van der Waals surface area contributed by atoms with Gasteiger partial charge in [-0.15, -0.1) is 12.4 Å². The Hall–Kier alpha value is -1.22. The Bertz CT molecular complexity index is 554. The minimum atomic E-state index is 0. The average molecular weight is 310 g/mol. The molecular weight excluding hydrogens is 293 g/mol. The zero-order chi connectivity index (χ0) is 13.1. The lowest BCUT2D eigenvalue weighted by Gasteiger charge is -2.14. The van der Waals surface area contributed by atoms with Crippen LogP contribution in [0.5, 0.6) is 5.75 Å². The Morgan fingerprint density at radius 3 is 2.50 bits per heavy atom. The number of benzene rings is 2. The van der Waals surface area contributed by atoms with Gasteiger partial charge < -0.3 is 10.1 Å². The predicted molar refractivity (Wildman–Crippen MR) is 86.0 cm³/mol. The number of hydrogen-bond acceptors (Lipinski definition) is 2. The third-order valence-corrected chi connectivity index (χ3v) is 3.64. The molecule has 0 bridgehead atoms. The molecule has 4 heteroatoms. The molecule has 0 radical (unpaired) electrons. The molecule has 0 amide bonds. The molecule has 3 rings (SSSR count). The van der Waals surface area contributed by atoms with E-state index >= 15 is 0 Å². The third-order valence-electron chi connectivity index (χ3n) is 3.35. The molecule has 1 N–H and O–H groups in total. The SMILES string of the molecule is Cl.Clc1cc(-c2ccccc2)ccc1OC1CCNC1. The maximum Gasteiger partial charge on any atom is 0.138 e. The van der Waals surface area contributed by atoms with Gasteiger partial charge in [0.25, 0.3) is 0 Å². The van der Waals surface area contributed by atoms with Crippen LogP contribution in [0.3, 0.4) is 0 Å². The van der Waals surface area contributed by atoms with Crippen molar-refractivity contribution in [1.29, 1.82) is 0 Å². The van der Waals surface area contributed by atoms with Crippen molar-refractivity contribution in [3.63, 3.8) is 0 Å². The number of ether oxygens (including phenoxy) is 1. The van der Waals surface area contributed by atoms with Crippen molar-refractivity contribution in [2.24, 2.45) is 0 Å². The van der Waals surface area contributed by atoms with E-state index in [1.807, 2.05) is 30.3 Å². The summed E-state index contributed by atoms with van der Waals surface area (Å²) >= 11 is 6.31. The van der Waals surface area contributed by atoms with Crippen molar-refractivity contribution in [3.8, 4) is 16.9 Å². The van der Waals surface area contributed by atoms with Crippen LogP contribution in [0.4, 0.5) is 0 Å². The number of halogens is 2. The molecule has 1 unspecified atom stereocenters. The van der Waals surface area contributed by atoms with Crippen LogP contribution in [0, 0.1) is 0 Å². The second kappa shape index (κ2) is 6.98. The summed E-state index contributed by atoms with van der Waals surface area (Å²) in [4.78, 5) is 0. The fourth-order valence-electron chi connectivity index (χ4n) is 2.31. The van der Waals surface area contributed by atoms with Crippen LogP contribution in [-0.2, 0) is 0 Å². The summed E-state index contributed by atoms with van der Waals surface area (Å²) in [6, 6.07) is 16.2. The summed E-state index contributed by atoms with van der Waals surface area (Å²) in [6.07, 6.45) is 1.27. The van der Waals surface area contributed by atoms with E-state index in [0.717, 1.165) is 30.8 Å². The molecule has 1 fully saturated rings. The van der Waals surface area contributed by atoms with Crippen LogP contribution < -0.4 is 10.1 Å². The molecule has 1 atom stereocenters. The van der Waals surface area contributed by atoms with E-state index in [4.69, 9.17) is 16.3 Å². The van der Waals surface area contributed by atoms with E-state index in [9.17, 15) is 0 Å². The van der Waals surface area contributed by atoms with E-state index in [0.29, 0.717) is 5.02 Å². The minimum absolute atomic E-state index is 0. The number of hydrogen-bond donors (Lipinski definition) is 1. The molecule has 0 aliphatic carbocycles. The van der Waals surface area contributed by atoms with Crippen molar-refractivity contribution in [2.45, 2.75) is 12.5 Å². The molecule has 2 nitrogen and oxygen atoms in total. The Labute approximate surface area is 130 Å². The van der Waals surface area contributed by atoms with Gasteiger partial charge in [-0.25, -0.2) is 0 Å². The largest absolute Gasteiger partial charge is 0.487 e. The maximum atomic E-state index is 6.31. The molecule has 0 spiro atoms. The zero-order valence-electron chi connectivity index (χ0n) is 11.0. The zero-order valence-corrected chi connectivity index (χ0v) is 12.6. The van der Waals surface area contributed by atoms with Crippen LogP contribution >= 0.6 is 24.0 Å². The highest BCUT2D eigenvalue weighted by Crippen LogP contribution is 2.31.